The van der Waals surface area contributed by atoms with Gasteiger partial charge in [-0.25, -0.2) is 4.79 Å². The van der Waals surface area contributed by atoms with Crippen molar-refractivity contribution in [1.29, 1.82) is 0 Å². The Bertz CT molecular complexity index is 845. The van der Waals surface area contributed by atoms with E-state index >= 15 is 0 Å². The second-order valence-electron chi connectivity index (χ2n) is 6.54. The van der Waals surface area contributed by atoms with E-state index in [4.69, 9.17) is 9.47 Å². The molecule has 2 aromatic carbocycles. The van der Waals surface area contributed by atoms with Crippen LogP contribution in [0.25, 0.3) is 0 Å². The van der Waals surface area contributed by atoms with Crippen molar-refractivity contribution in [3.63, 3.8) is 0 Å². The van der Waals surface area contributed by atoms with Crippen molar-refractivity contribution in [3.8, 4) is 11.5 Å². The molecule has 7 heteroatoms. The van der Waals surface area contributed by atoms with Gasteiger partial charge in [-0.05, 0) is 43.2 Å². The fourth-order valence-electron chi connectivity index (χ4n) is 3.00. The maximum atomic E-state index is 12.5. The van der Waals surface area contributed by atoms with Gasteiger partial charge in [-0.15, -0.1) is 0 Å². The van der Waals surface area contributed by atoms with Gasteiger partial charge in [-0.2, -0.15) is 0 Å². The van der Waals surface area contributed by atoms with Crippen molar-refractivity contribution < 1.29 is 23.9 Å². The summed E-state index contributed by atoms with van der Waals surface area (Å²) in [4.78, 5) is 37.4. The number of benzene rings is 2. The first-order chi connectivity index (χ1) is 13.5. The average molecular weight is 382 g/mol. The number of nitrogens with one attached hydrogen (secondary N) is 1. The Morgan fingerprint density at radius 2 is 1.61 bits per heavy atom. The number of hydrogen-bond donors (Lipinski definition) is 1. The van der Waals surface area contributed by atoms with Crippen LogP contribution in [0.15, 0.2) is 54.6 Å². The number of piperidine rings is 1. The van der Waals surface area contributed by atoms with Gasteiger partial charge in [0.25, 0.3) is 5.91 Å². The zero-order valence-corrected chi connectivity index (χ0v) is 15.6. The molecule has 146 valence electrons. The fourth-order valence-corrected chi connectivity index (χ4v) is 3.00. The number of hydrogen-bond acceptors (Lipinski definition) is 5. The lowest BCUT2D eigenvalue weighted by Gasteiger charge is -2.31. The highest BCUT2D eigenvalue weighted by molar-refractivity contribution is 5.94. The second kappa shape index (κ2) is 9.03. The lowest BCUT2D eigenvalue weighted by Crippen LogP contribution is -2.47. The average Bonchev–Trinajstić information content (AvgIpc) is 2.69. The summed E-state index contributed by atoms with van der Waals surface area (Å²) in [6, 6.07) is 15.4. The summed E-state index contributed by atoms with van der Waals surface area (Å²) in [7, 11) is 0. The summed E-state index contributed by atoms with van der Waals surface area (Å²) in [5, 5.41) is 2.97. The molecule has 2 amide bonds. The molecular formula is C21H22N2O5. The van der Waals surface area contributed by atoms with E-state index in [0.29, 0.717) is 43.0 Å². The molecule has 0 radical (unpaired) electrons. The molecule has 0 saturated carbocycles. The number of ether oxygens (including phenoxy) is 2. The number of carbonyl (C=O) groups excluding carboxylic acids is 3. The van der Waals surface area contributed by atoms with Crippen LogP contribution in [0.3, 0.4) is 0 Å². The highest BCUT2D eigenvalue weighted by atomic mass is 16.6. The highest BCUT2D eigenvalue weighted by Gasteiger charge is 2.25. The summed E-state index contributed by atoms with van der Waals surface area (Å²) in [6.45, 7) is 2.32. The summed E-state index contributed by atoms with van der Waals surface area (Å²) < 4.78 is 10.3. The Kier molecular flexibility index (Phi) is 6.26. The molecule has 2 aromatic rings. The number of carbonyl (C=O) groups is 3. The fraction of sp³-hybridized carbons (Fsp3) is 0.286. The number of nitrogens with zero attached hydrogens (tertiary/aromatic N) is 1. The Balaban J connectivity index is 1.49. The minimum Gasteiger partial charge on any atom is -0.427 e. The Hall–Kier alpha value is -3.35. The SMILES string of the molecule is CC(=O)Oc1cccc(C(=O)NC2CCN(C(=O)Oc3ccccc3)CC2)c1. The Morgan fingerprint density at radius 3 is 2.29 bits per heavy atom. The molecule has 0 aromatic heterocycles. The van der Waals surface area contributed by atoms with Crippen LogP contribution < -0.4 is 14.8 Å². The molecule has 0 atom stereocenters. The number of rotatable bonds is 4. The van der Waals surface area contributed by atoms with Gasteiger partial charge >= 0.3 is 12.1 Å². The highest BCUT2D eigenvalue weighted by Crippen LogP contribution is 2.17. The third kappa shape index (κ3) is 5.33. The second-order valence-corrected chi connectivity index (χ2v) is 6.54. The maximum absolute atomic E-state index is 12.5. The van der Waals surface area contributed by atoms with Gasteiger partial charge in [-0.3, -0.25) is 9.59 Å². The lowest BCUT2D eigenvalue weighted by molar-refractivity contribution is -0.131. The van der Waals surface area contributed by atoms with Crippen molar-refractivity contribution in [2.45, 2.75) is 25.8 Å². The maximum Gasteiger partial charge on any atom is 0.415 e. The van der Waals surface area contributed by atoms with Crippen LogP contribution in [0.2, 0.25) is 0 Å². The number of para-hydroxylation sites is 1. The third-order valence-electron chi connectivity index (χ3n) is 4.39. The summed E-state index contributed by atoms with van der Waals surface area (Å²) in [6.07, 6.45) is 0.892. The molecule has 0 bridgehead atoms. The third-order valence-corrected chi connectivity index (χ3v) is 4.39. The molecular weight excluding hydrogens is 360 g/mol. The van der Waals surface area contributed by atoms with Gasteiger partial charge < -0.3 is 19.7 Å². The molecule has 1 fully saturated rings. The van der Waals surface area contributed by atoms with Gasteiger partial charge in [-0.1, -0.05) is 24.3 Å². The van der Waals surface area contributed by atoms with Gasteiger partial charge in [0, 0.05) is 31.6 Å². The Morgan fingerprint density at radius 1 is 0.929 bits per heavy atom. The van der Waals surface area contributed by atoms with E-state index < -0.39 is 5.97 Å². The van der Waals surface area contributed by atoms with Crippen molar-refractivity contribution >= 4 is 18.0 Å². The van der Waals surface area contributed by atoms with Crippen LogP contribution in [-0.4, -0.2) is 42.0 Å². The van der Waals surface area contributed by atoms with Crippen LogP contribution in [0.1, 0.15) is 30.1 Å². The standard InChI is InChI=1S/C21H22N2O5/c1-15(24)27-19-9-5-6-16(14-19)20(25)22-17-10-12-23(13-11-17)21(26)28-18-7-3-2-4-8-18/h2-9,14,17H,10-13H2,1H3,(H,22,25). The van der Waals surface area contributed by atoms with E-state index in [1.807, 2.05) is 6.07 Å². The van der Waals surface area contributed by atoms with E-state index in [-0.39, 0.29) is 18.0 Å². The molecule has 1 heterocycles. The number of esters is 1. The molecule has 0 spiro atoms. The molecule has 28 heavy (non-hydrogen) atoms. The van der Waals surface area contributed by atoms with Crippen molar-refractivity contribution in [2.24, 2.45) is 0 Å². The predicted molar refractivity (Wildman–Crippen MR) is 102 cm³/mol. The monoisotopic (exact) mass is 382 g/mol. The molecule has 3 rings (SSSR count). The van der Waals surface area contributed by atoms with E-state index in [1.54, 1.807) is 47.4 Å². The van der Waals surface area contributed by atoms with Crippen molar-refractivity contribution in [2.75, 3.05) is 13.1 Å². The van der Waals surface area contributed by atoms with Crippen LogP contribution in [0, 0.1) is 0 Å². The van der Waals surface area contributed by atoms with Crippen LogP contribution in [-0.2, 0) is 4.79 Å². The molecule has 1 saturated heterocycles. The minimum absolute atomic E-state index is 0.0364. The summed E-state index contributed by atoms with van der Waals surface area (Å²) in [5.41, 5.74) is 0.421. The van der Waals surface area contributed by atoms with Crippen molar-refractivity contribution in [1.82, 2.24) is 10.2 Å². The molecule has 7 nitrogen and oxygen atoms in total. The molecule has 0 aliphatic carbocycles. The van der Waals surface area contributed by atoms with E-state index in [2.05, 4.69) is 5.32 Å². The van der Waals surface area contributed by atoms with Gasteiger partial charge in [0.1, 0.15) is 11.5 Å². The van der Waals surface area contributed by atoms with E-state index in [0.717, 1.165) is 0 Å². The Labute approximate surface area is 163 Å². The molecule has 1 aliphatic heterocycles. The summed E-state index contributed by atoms with van der Waals surface area (Å²) in [5.74, 6) is 0.167. The van der Waals surface area contributed by atoms with Crippen LogP contribution in [0.4, 0.5) is 4.79 Å². The minimum atomic E-state index is -0.438. The topological polar surface area (TPSA) is 84.9 Å². The van der Waals surface area contributed by atoms with E-state index in [9.17, 15) is 14.4 Å². The summed E-state index contributed by atoms with van der Waals surface area (Å²) >= 11 is 0. The van der Waals surface area contributed by atoms with Gasteiger partial charge in [0.15, 0.2) is 0 Å². The predicted octanol–water partition coefficient (Wildman–Crippen LogP) is 3.01. The first-order valence-corrected chi connectivity index (χ1v) is 9.12. The molecule has 0 unspecified atom stereocenters. The zero-order chi connectivity index (χ0) is 19.9. The van der Waals surface area contributed by atoms with Gasteiger partial charge in [0.2, 0.25) is 0 Å². The molecule has 1 N–H and O–H groups in total. The number of amides is 2. The normalized spacial score (nSPS) is 14.2. The molecule has 1 aliphatic rings. The zero-order valence-electron chi connectivity index (χ0n) is 15.6. The number of likely N-dealkylation sites (tertiary alicyclic amines) is 1. The lowest BCUT2D eigenvalue weighted by atomic mass is 10.0. The van der Waals surface area contributed by atoms with E-state index in [1.165, 1.54) is 13.0 Å². The van der Waals surface area contributed by atoms with Gasteiger partial charge in [0.05, 0.1) is 0 Å². The largest absolute Gasteiger partial charge is 0.427 e. The van der Waals surface area contributed by atoms with Crippen molar-refractivity contribution in [3.05, 3.63) is 60.2 Å². The van der Waals surface area contributed by atoms with Crippen LogP contribution in [0.5, 0.6) is 11.5 Å². The van der Waals surface area contributed by atoms with Crippen LogP contribution >= 0.6 is 0 Å². The smallest absolute Gasteiger partial charge is 0.415 e. The first-order valence-electron chi connectivity index (χ1n) is 9.12. The quantitative estimate of drug-likeness (QED) is 0.649. The first kappa shape index (κ1) is 19.4.